The van der Waals surface area contributed by atoms with Crippen molar-refractivity contribution in [1.29, 1.82) is 0 Å². The van der Waals surface area contributed by atoms with Gasteiger partial charge in [-0.1, -0.05) is 18.5 Å². The number of ether oxygens (including phenoxy) is 1. The van der Waals surface area contributed by atoms with E-state index in [2.05, 4.69) is 5.32 Å². The monoisotopic (exact) mass is 333 g/mol. The minimum Gasteiger partial charge on any atom is -0.496 e. The molecule has 0 aliphatic carbocycles. The Morgan fingerprint density at radius 1 is 1.43 bits per heavy atom. The highest BCUT2D eigenvalue weighted by Gasteiger charge is 2.20. The zero-order valence-electron chi connectivity index (χ0n) is 12.3. The van der Waals surface area contributed by atoms with Crippen molar-refractivity contribution in [2.75, 3.05) is 12.9 Å². The van der Waals surface area contributed by atoms with E-state index in [1.54, 1.807) is 12.1 Å². The summed E-state index contributed by atoms with van der Waals surface area (Å²) >= 11 is 5.87. The van der Waals surface area contributed by atoms with E-state index in [-0.39, 0.29) is 11.8 Å². The van der Waals surface area contributed by atoms with E-state index in [0.29, 0.717) is 16.3 Å². The quantitative estimate of drug-likeness (QED) is 0.830. The molecule has 7 heteroatoms. The van der Waals surface area contributed by atoms with Gasteiger partial charge >= 0.3 is 0 Å². The Bertz CT molecular complexity index is 601. The smallest absolute Gasteiger partial charge is 0.235 e. The van der Waals surface area contributed by atoms with Crippen LogP contribution in [0.25, 0.3) is 0 Å². The molecule has 0 aliphatic heterocycles. The van der Waals surface area contributed by atoms with Crippen molar-refractivity contribution in [3.8, 4) is 5.75 Å². The van der Waals surface area contributed by atoms with Gasteiger partial charge in [-0.15, -0.1) is 0 Å². The fourth-order valence-electron chi connectivity index (χ4n) is 1.77. The first-order chi connectivity index (χ1) is 9.77. The predicted octanol–water partition coefficient (Wildman–Crippen LogP) is 2.18. The van der Waals surface area contributed by atoms with Crippen LogP contribution in [0.3, 0.4) is 0 Å². The molecule has 0 saturated carbocycles. The number of rotatable bonds is 7. The molecule has 5 nitrogen and oxygen atoms in total. The van der Waals surface area contributed by atoms with Gasteiger partial charge in [0.1, 0.15) is 11.5 Å². The number of amides is 1. The predicted molar refractivity (Wildman–Crippen MR) is 83.4 cm³/mol. The van der Waals surface area contributed by atoms with Crippen LogP contribution in [0.1, 0.15) is 25.8 Å². The summed E-state index contributed by atoms with van der Waals surface area (Å²) in [5.74, 6) is -0.895. The summed E-state index contributed by atoms with van der Waals surface area (Å²) in [6.45, 7) is 3.74. The Balaban J connectivity index is 2.81. The fraction of sp³-hybridized carbons (Fsp3) is 0.500. The van der Waals surface area contributed by atoms with Crippen molar-refractivity contribution in [1.82, 2.24) is 5.32 Å². The Hall–Kier alpha value is -1.27. The zero-order chi connectivity index (χ0) is 16.0. The van der Waals surface area contributed by atoms with Crippen LogP contribution in [0.5, 0.6) is 5.75 Å². The third-order valence-corrected chi connectivity index (χ3v) is 4.68. The SMILES string of the molecule is CCC(C)NC(=O)CS(=O)(=O)Cc1cc(Cl)ccc1OC. The Morgan fingerprint density at radius 3 is 2.67 bits per heavy atom. The van der Waals surface area contributed by atoms with E-state index in [1.807, 2.05) is 13.8 Å². The highest BCUT2D eigenvalue weighted by molar-refractivity contribution is 7.91. The van der Waals surface area contributed by atoms with Gasteiger partial charge < -0.3 is 10.1 Å². The van der Waals surface area contributed by atoms with Crippen LogP contribution in [0, 0.1) is 0 Å². The molecule has 0 aromatic heterocycles. The molecule has 0 saturated heterocycles. The summed E-state index contributed by atoms with van der Waals surface area (Å²) in [5.41, 5.74) is 0.446. The Labute approximate surface area is 130 Å². The third-order valence-electron chi connectivity index (χ3n) is 2.99. The van der Waals surface area contributed by atoms with E-state index >= 15 is 0 Å². The molecule has 1 unspecified atom stereocenters. The maximum absolute atomic E-state index is 12.1. The lowest BCUT2D eigenvalue weighted by atomic mass is 10.2. The molecule has 118 valence electrons. The third kappa shape index (κ3) is 5.93. The van der Waals surface area contributed by atoms with E-state index in [1.165, 1.54) is 13.2 Å². The molecule has 0 heterocycles. The van der Waals surface area contributed by atoms with Gasteiger partial charge in [0.05, 0.1) is 12.9 Å². The second-order valence-corrected chi connectivity index (χ2v) is 7.37. The van der Waals surface area contributed by atoms with Crippen LogP contribution in [-0.2, 0) is 20.4 Å². The van der Waals surface area contributed by atoms with Gasteiger partial charge in [-0.05, 0) is 31.5 Å². The molecule has 0 spiro atoms. The molecular formula is C14H20ClNO4S. The second kappa shape index (κ2) is 7.66. The molecule has 0 aliphatic rings. The number of nitrogens with one attached hydrogen (secondary N) is 1. The molecule has 21 heavy (non-hydrogen) atoms. The van der Waals surface area contributed by atoms with Crippen molar-refractivity contribution in [2.24, 2.45) is 0 Å². The van der Waals surface area contributed by atoms with Gasteiger partial charge in [0.2, 0.25) is 5.91 Å². The average Bonchev–Trinajstić information content (AvgIpc) is 2.37. The van der Waals surface area contributed by atoms with Gasteiger partial charge in [-0.3, -0.25) is 4.79 Å². The average molecular weight is 334 g/mol. The maximum Gasteiger partial charge on any atom is 0.235 e. The molecule has 1 rings (SSSR count). The summed E-state index contributed by atoms with van der Waals surface area (Å²) in [6.07, 6.45) is 0.744. The first-order valence-electron chi connectivity index (χ1n) is 6.59. The van der Waals surface area contributed by atoms with E-state index in [4.69, 9.17) is 16.3 Å². The molecule has 1 atom stereocenters. The van der Waals surface area contributed by atoms with Crippen molar-refractivity contribution in [2.45, 2.75) is 32.1 Å². The molecule has 1 aromatic carbocycles. The van der Waals surface area contributed by atoms with Crippen LogP contribution in [0.2, 0.25) is 5.02 Å². The van der Waals surface area contributed by atoms with Crippen LogP contribution < -0.4 is 10.1 Å². The lowest BCUT2D eigenvalue weighted by Crippen LogP contribution is -2.36. The summed E-state index contributed by atoms with van der Waals surface area (Å²) in [5, 5.41) is 3.06. The standard InChI is InChI=1S/C14H20ClNO4S/c1-4-10(2)16-14(17)9-21(18,19)8-11-7-12(15)5-6-13(11)20-3/h5-7,10H,4,8-9H2,1-3H3,(H,16,17). The topological polar surface area (TPSA) is 72.5 Å². The maximum atomic E-state index is 12.1. The number of benzene rings is 1. The Morgan fingerprint density at radius 2 is 2.10 bits per heavy atom. The molecule has 1 amide bonds. The number of carbonyl (C=O) groups excluding carboxylic acids is 1. The lowest BCUT2D eigenvalue weighted by molar-refractivity contribution is -0.119. The van der Waals surface area contributed by atoms with Crippen molar-refractivity contribution in [3.63, 3.8) is 0 Å². The van der Waals surface area contributed by atoms with Gasteiger partial charge in [0.25, 0.3) is 0 Å². The van der Waals surface area contributed by atoms with Crippen LogP contribution in [0.4, 0.5) is 0 Å². The van der Waals surface area contributed by atoms with Crippen molar-refractivity contribution >= 4 is 27.3 Å². The summed E-state index contributed by atoms with van der Waals surface area (Å²) in [4.78, 5) is 11.7. The van der Waals surface area contributed by atoms with Crippen LogP contribution >= 0.6 is 11.6 Å². The largest absolute Gasteiger partial charge is 0.496 e. The number of hydrogen-bond donors (Lipinski definition) is 1. The summed E-state index contributed by atoms with van der Waals surface area (Å²) in [7, 11) is -2.13. The molecule has 0 radical (unpaired) electrons. The lowest BCUT2D eigenvalue weighted by Gasteiger charge is -2.12. The number of halogens is 1. The zero-order valence-corrected chi connectivity index (χ0v) is 13.9. The van der Waals surface area contributed by atoms with E-state index < -0.39 is 21.5 Å². The number of methoxy groups -OCH3 is 1. The van der Waals surface area contributed by atoms with E-state index in [9.17, 15) is 13.2 Å². The first kappa shape index (κ1) is 17.8. The van der Waals surface area contributed by atoms with Gasteiger partial charge in [0.15, 0.2) is 9.84 Å². The molecule has 1 N–H and O–H groups in total. The molecular weight excluding hydrogens is 314 g/mol. The summed E-state index contributed by atoms with van der Waals surface area (Å²) in [6, 6.07) is 4.71. The van der Waals surface area contributed by atoms with Crippen molar-refractivity contribution < 1.29 is 17.9 Å². The fourth-order valence-corrected chi connectivity index (χ4v) is 3.25. The number of hydrogen-bond acceptors (Lipinski definition) is 4. The highest BCUT2D eigenvalue weighted by Crippen LogP contribution is 2.24. The van der Waals surface area contributed by atoms with Gasteiger partial charge in [-0.2, -0.15) is 0 Å². The van der Waals surface area contributed by atoms with E-state index in [0.717, 1.165) is 6.42 Å². The van der Waals surface area contributed by atoms with Crippen LogP contribution in [-0.4, -0.2) is 33.2 Å². The van der Waals surface area contributed by atoms with Gasteiger partial charge in [-0.25, -0.2) is 8.42 Å². The Kier molecular flexibility index (Phi) is 6.48. The van der Waals surface area contributed by atoms with Crippen LogP contribution in [0.15, 0.2) is 18.2 Å². The highest BCUT2D eigenvalue weighted by atomic mass is 35.5. The summed E-state index contributed by atoms with van der Waals surface area (Å²) < 4.78 is 29.3. The van der Waals surface area contributed by atoms with Crippen molar-refractivity contribution in [3.05, 3.63) is 28.8 Å². The minimum absolute atomic E-state index is 0.0478. The molecule has 0 bridgehead atoms. The second-order valence-electron chi connectivity index (χ2n) is 4.87. The first-order valence-corrected chi connectivity index (χ1v) is 8.79. The number of carbonyl (C=O) groups is 1. The molecule has 1 aromatic rings. The normalized spacial score (nSPS) is 12.8. The number of sulfone groups is 1. The minimum atomic E-state index is -3.59. The molecule has 0 fully saturated rings. The van der Waals surface area contributed by atoms with Gasteiger partial charge in [0, 0.05) is 16.6 Å².